The molecule has 2 aromatic heterocycles. The summed E-state index contributed by atoms with van der Waals surface area (Å²) in [5.41, 5.74) is 0.966. The number of carbonyl (C=O) groups is 2. The molecule has 0 aliphatic heterocycles. The van der Waals surface area contributed by atoms with Gasteiger partial charge in [0.2, 0.25) is 0 Å². The van der Waals surface area contributed by atoms with Crippen molar-refractivity contribution in [1.29, 1.82) is 0 Å². The van der Waals surface area contributed by atoms with Crippen LogP contribution in [0.1, 0.15) is 42.3 Å². The molecule has 3 rings (SSSR count). The van der Waals surface area contributed by atoms with Gasteiger partial charge in [-0.2, -0.15) is 0 Å². The minimum absolute atomic E-state index is 0.0666. The minimum Gasteiger partial charge on any atom is -0.459 e. The number of carbonyl (C=O) groups excluding carboxylic acids is 2. The lowest BCUT2D eigenvalue weighted by molar-refractivity contribution is -0.155. The first kappa shape index (κ1) is 22.7. The molecule has 0 saturated heterocycles. The Morgan fingerprint density at radius 2 is 1.84 bits per heavy atom. The van der Waals surface area contributed by atoms with Crippen LogP contribution >= 0.6 is 15.9 Å². The van der Waals surface area contributed by atoms with Gasteiger partial charge >= 0.3 is 5.97 Å². The first-order valence-electron chi connectivity index (χ1n) is 9.78. The third-order valence-electron chi connectivity index (χ3n) is 4.42. The number of hydrogen-bond donors (Lipinski definition) is 1. The number of aromatic nitrogens is 2. The molecular weight excluding hydrogens is 462 g/mol. The lowest BCUT2D eigenvalue weighted by Gasteiger charge is -2.20. The monoisotopic (exact) mass is 485 g/mol. The third kappa shape index (κ3) is 5.79. The summed E-state index contributed by atoms with van der Waals surface area (Å²) in [5, 5.41) is 3.33. The Labute approximate surface area is 188 Å². The van der Waals surface area contributed by atoms with Crippen LogP contribution in [0.2, 0.25) is 0 Å². The number of halogens is 1. The van der Waals surface area contributed by atoms with Crippen molar-refractivity contribution < 1.29 is 14.3 Å². The summed E-state index contributed by atoms with van der Waals surface area (Å²) in [5.74, 6) is -1.11. The SMILES string of the molecule is Cc1ccc(CNC(=O)c2cc3cc(Br)cnc3n(CC(=O)OC(C)(C)C)c2=O)cc1. The van der Waals surface area contributed by atoms with E-state index in [4.69, 9.17) is 4.74 Å². The minimum atomic E-state index is -0.698. The zero-order chi connectivity index (χ0) is 22.8. The van der Waals surface area contributed by atoms with Crippen LogP contribution in [-0.2, 0) is 22.6 Å². The molecule has 0 bridgehead atoms. The molecule has 0 fully saturated rings. The Bertz CT molecular complexity index is 1190. The molecule has 1 N–H and O–H groups in total. The predicted octanol–water partition coefficient (Wildman–Crippen LogP) is 3.74. The van der Waals surface area contributed by atoms with Crippen LogP contribution in [0.4, 0.5) is 0 Å². The molecule has 3 aromatic rings. The third-order valence-corrected chi connectivity index (χ3v) is 4.85. The quantitative estimate of drug-likeness (QED) is 0.555. The van der Waals surface area contributed by atoms with Crippen molar-refractivity contribution in [1.82, 2.24) is 14.9 Å². The molecule has 8 heteroatoms. The lowest BCUT2D eigenvalue weighted by atomic mass is 10.1. The van der Waals surface area contributed by atoms with Gasteiger partial charge in [0.05, 0.1) is 0 Å². The molecule has 0 aliphatic rings. The van der Waals surface area contributed by atoms with Gasteiger partial charge in [-0.25, -0.2) is 4.98 Å². The molecular formula is C23H24BrN3O4. The van der Waals surface area contributed by atoms with Crippen molar-refractivity contribution in [3.8, 4) is 0 Å². The number of rotatable bonds is 5. The molecule has 0 aliphatic carbocycles. The first-order chi connectivity index (χ1) is 14.5. The molecule has 1 aromatic carbocycles. The normalized spacial score (nSPS) is 11.4. The second-order valence-corrected chi connectivity index (χ2v) is 9.19. The van der Waals surface area contributed by atoms with Crippen LogP contribution in [0, 0.1) is 6.92 Å². The van der Waals surface area contributed by atoms with E-state index in [0.717, 1.165) is 11.1 Å². The van der Waals surface area contributed by atoms with Crippen LogP contribution in [-0.4, -0.2) is 27.0 Å². The van der Waals surface area contributed by atoms with Gasteiger partial charge in [-0.1, -0.05) is 29.8 Å². The average molecular weight is 486 g/mol. The van der Waals surface area contributed by atoms with E-state index in [-0.39, 0.29) is 18.7 Å². The Morgan fingerprint density at radius 1 is 1.16 bits per heavy atom. The fraction of sp³-hybridized carbons (Fsp3) is 0.304. The molecule has 0 atom stereocenters. The van der Waals surface area contributed by atoms with Gasteiger partial charge in [-0.3, -0.25) is 19.0 Å². The highest BCUT2D eigenvalue weighted by Crippen LogP contribution is 2.18. The fourth-order valence-corrected chi connectivity index (χ4v) is 3.38. The van der Waals surface area contributed by atoms with Gasteiger partial charge in [0.25, 0.3) is 11.5 Å². The van der Waals surface area contributed by atoms with Crippen molar-refractivity contribution in [3.05, 3.63) is 74.1 Å². The molecule has 0 saturated carbocycles. The number of benzene rings is 1. The van der Waals surface area contributed by atoms with Crippen molar-refractivity contribution in [3.63, 3.8) is 0 Å². The number of ether oxygens (including phenoxy) is 1. The molecule has 0 unspecified atom stereocenters. The predicted molar refractivity (Wildman–Crippen MR) is 122 cm³/mol. The maximum Gasteiger partial charge on any atom is 0.326 e. The highest BCUT2D eigenvalue weighted by Gasteiger charge is 2.21. The summed E-state index contributed by atoms with van der Waals surface area (Å²) in [6.45, 7) is 7.15. The number of esters is 1. The van der Waals surface area contributed by atoms with Crippen LogP contribution in [0.3, 0.4) is 0 Å². The number of pyridine rings is 2. The second kappa shape index (κ2) is 9.01. The summed E-state index contributed by atoms with van der Waals surface area (Å²) in [7, 11) is 0. The second-order valence-electron chi connectivity index (χ2n) is 8.27. The summed E-state index contributed by atoms with van der Waals surface area (Å²) in [6.07, 6.45) is 1.53. The number of nitrogens with zero attached hydrogens (tertiary/aromatic N) is 2. The Morgan fingerprint density at radius 3 is 2.48 bits per heavy atom. The number of nitrogens with one attached hydrogen (secondary N) is 1. The molecule has 162 valence electrons. The van der Waals surface area contributed by atoms with E-state index in [9.17, 15) is 14.4 Å². The van der Waals surface area contributed by atoms with Gasteiger partial charge in [-0.15, -0.1) is 0 Å². The largest absolute Gasteiger partial charge is 0.459 e. The van der Waals surface area contributed by atoms with Gasteiger partial charge < -0.3 is 10.1 Å². The Balaban J connectivity index is 1.96. The summed E-state index contributed by atoms with van der Waals surface area (Å²) in [4.78, 5) is 42.6. The Hall–Kier alpha value is -3.00. The summed E-state index contributed by atoms with van der Waals surface area (Å²) in [6, 6.07) is 11.0. The topological polar surface area (TPSA) is 90.3 Å². The van der Waals surface area contributed by atoms with E-state index < -0.39 is 23.0 Å². The first-order valence-corrected chi connectivity index (χ1v) is 10.6. The van der Waals surface area contributed by atoms with Crippen molar-refractivity contribution in [2.24, 2.45) is 0 Å². The number of fused-ring (bicyclic) bond motifs is 1. The fourth-order valence-electron chi connectivity index (χ4n) is 3.03. The highest BCUT2D eigenvalue weighted by molar-refractivity contribution is 9.10. The number of amides is 1. The van der Waals surface area contributed by atoms with Crippen LogP contribution in [0.5, 0.6) is 0 Å². The average Bonchev–Trinajstić information content (AvgIpc) is 2.67. The van der Waals surface area contributed by atoms with Crippen LogP contribution in [0.25, 0.3) is 11.0 Å². The molecule has 0 spiro atoms. The maximum atomic E-state index is 13.1. The van der Waals surface area contributed by atoms with E-state index in [0.29, 0.717) is 15.5 Å². The van der Waals surface area contributed by atoms with Gasteiger partial charge in [0, 0.05) is 22.6 Å². The van der Waals surface area contributed by atoms with Gasteiger partial charge in [-0.05, 0) is 61.3 Å². The van der Waals surface area contributed by atoms with Crippen molar-refractivity contribution >= 4 is 38.8 Å². The number of hydrogen-bond acceptors (Lipinski definition) is 5. The Kier molecular flexibility index (Phi) is 6.59. The zero-order valence-electron chi connectivity index (χ0n) is 17.9. The van der Waals surface area contributed by atoms with E-state index in [1.807, 2.05) is 31.2 Å². The van der Waals surface area contributed by atoms with E-state index in [1.165, 1.54) is 16.8 Å². The molecule has 7 nitrogen and oxygen atoms in total. The lowest BCUT2D eigenvalue weighted by Crippen LogP contribution is -2.36. The van der Waals surface area contributed by atoms with E-state index in [1.54, 1.807) is 26.8 Å². The summed E-state index contributed by atoms with van der Waals surface area (Å²) < 4.78 is 7.21. The van der Waals surface area contributed by atoms with Crippen LogP contribution < -0.4 is 10.9 Å². The number of aryl methyl sites for hydroxylation is 1. The standard InChI is InChI=1S/C23H24BrN3O4/c1-14-5-7-15(8-6-14)11-26-21(29)18-10-16-9-17(24)12-25-20(16)27(22(18)30)13-19(28)31-23(2,3)4/h5-10,12H,11,13H2,1-4H3,(H,26,29). The van der Waals surface area contributed by atoms with E-state index in [2.05, 4.69) is 26.2 Å². The zero-order valence-corrected chi connectivity index (χ0v) is 19.4. The maximum absolute atomic E-state index is 13.1. The molecule has 31 heavy (non-hydrogen) atoms. The van der Waals surface area contributed by atoms with Crippen molar-refractivity contribution in [2.45, 2.75) is 46.4 Å². The van der Waals surface area contributed by atoms with Crippen molar-refractivity contribution in [2.75, 3.05) is 0 Å². The summed E-state index contributed by atoms with van der Waals surface area (Å²) >= 11 is 3.35. The smallest absolute Gasteiger partial charge is 0.326 e. The molecule has 0 radical (unpaired) electrons. The van der Waals surface area contributed by atoms with Gasteiger partial charge in [0.1, 0.15) is 23.4 Å². The van der Waals surface area contributed by atoms with E-state index >= 15 is 0 Å². The van der Waals surface area contributed by atoms with Crippen LogP contribution in [0.15, 0.2) is 51.9 Å². The highest BCUT2D eigenvalue weighted by atomic mass is 79.9. The molecule has 2 heterocycles. The molecule has 1 amide bonds. The van der Waals surface area contributed by atoms with Gasteiger partial charge in [0.15, 0.2) is 0 Å².